The fourth-order valence-corrected chi connectivity index (χ4v) is 1.46. The number of benzene rings is 1. The van der Waals surface area contributed by atoms with E-state index in [0.29, 0.717) is 12.5 Å². The average molecular weight is 189 g/mol. The summed E-state index contributed by atoms with van der Waals surface area (Å²) >= 11 is 0. The summed E-state index contributed by atoms with van der Waals surface area (Å²) in [7, 11) is 0. The van der Waals surface area contributed by atoms with E-state index in [9.17, 15) is 0 Å². The summed E-state index contributed by atoms with van der Waals surface area (Å²) in [6.07, 6.45) is 2.50. The van der Waals surface area contributed by atoms with Crippen molar-refractivity contribution in [1.82, 2.24) is 0 Å². The van der Waals surface area contributed by atoms with Gasteiger partial charge in [-0.1, -0.05) is 35.5 Å². The summed E-state index contributed by atoms with van der Waals surface area (Å²) in [6, 6.07) is 10.3. The number of nitrogens with zero attached hydrogens (tertiary/aromatic N) is 1. The largest absolute Gasteiger partial charge is 0.396 e. The summed E-state index contributed by atoms with van der Waals surface area (Å²) in [6.45, 7) is 2.60. The van der Waals surface area contributed by atoms with Gasteiger partial charge in [0.05, 0.1) is 5.71 Å². The van der Waals surface area contributed by atoms with Crippen LogP contribution >= 0.6 is 0 Å². The summed E-state index contributed by atoms with van der Waals surface area (Å²) in [5.74, 6) is 0.629. The molecule has 0 amide bonds. The molecule has 1 aliphatic carbocycles. The molecule has 1 aromatic rings. The van der Waals surface area contributed by atoms with Gasteiger partial charge in [-0.2, -0.15) is 0 Å². The molecule has 0 heterocycles. The zero-order valence-electron chi connectivity index (χ0n) is 8.44. The van der Waals surface area contributed by atoms with Crippen LogP contribution in [-0.4, -0.2) is 12.3 Å². The molecule has 1 fully saturated rings. The molecular weight excluding hydrogens is 174 g/mol. The van der Waals surface area contributed by atoms with Crippen LogP contribution in [0, 0.1) is 5.92 Å². The zero-order chi connectivity index (χ0) is 9.80. The molecule has 2 nitrogen and oxygen atoms in total. The molecule has 74 valence electrons. The highest BCUT2D eigenvalue weighted by atomic mass is 16.6. The summed E-state index contributed by atoms with van der Waals surface area (Å²) in [4.78, 5) is 5.14. The van der Waals surface area contributed by atoms with Crippen LogP contribution in [0.25, 0.3) is 0 Å². The lowest BCUT2D eigenvalue weighted by Gasteiger charge is -2.03. The van der Waals surface area contributed by atoms with Crippen molar-refractivity contribution in [3.8, 4) is 0 Å². The summed E-state index contributed by atoms with van der Waals surface area (Å²) < 4.78 is 0. The number of hydrogen-bond donors (Lipinski definition) is 0. The molecule has 0 spiro atoms. The lowest BCUT2D eigenvalue weighted by molar-refractivity contribution is 0.158. The first-order chi connectivity index (χ1) is 6.92. The molecule has 0 saturated heterocycles. The van der Waals surface area contributed by atoms with Crippen molar-refractivity contribution in [2.45, 2.75) is 19.8 Å². The molecule has 0 aromatic heterocycles. The molecule has 1 saturated carbocycles. The van der Waals surface area contributed by atoms with E-state index in [-0.39, 0.29) is 0 Å². The van der Waals surface area contributed by atoms with Crippen LogP contribution in [0.2, 0.25) is 0 Å². The van der Waals surface area contributed by atoms with Crippen molar-refractivity contribution in [1.29, 1.82) is 0 Å². The van der Waals surface area contributed by atoms with Gasteiger partial charge in [-0.3, -0.25) is 0 Å². The zero-order valence-corrected chi connectivity index (χ0v) is 8.44. The van der Waals surface area contributed by atoms with Crippen LogP contribution in [0.3, 0.4) is 0 Å². The van der Waals surface area contributed by atoms with Gasteiger partial charge < -0.3 is 4.84 Å². The Kier molecular flexibility index (Phi) is 2.82. The van der Waals surface area contributed by atoms with Gasteiger partial charge in [-0.15, -0.1) is 0 Å². The van der Waals surface area contributed by atoms with Gasteiger partial charge >= 0.3 is 0 Å². The molecule has 0 radical (unpaired) electrons. The highest BCUT2D eigenvalue weighted by Crippen LogP contribution is 2.33. The van der Waals surface area contributed by atoms with Gasteiger partial charge in [0, 0.05) is 5.92 Å². The minimum atomic E-state index is 0.629. The number of rotatable bonds is 4. The fourth-order valence-electron chi connectivity index (χ4n) is 1.46. The highest BCUT2D eigenvalue weighted by Gasteiger charge is 2.29. The minimum Gasteiger partial charge on any atom is -0.396 e. The first kappa shape index (κ1) is 9.25. The maximum absolute atomic E-state index is 5.14. The maximum atomic E-state index is 5.14. The third-order valence-corrected chi connectivity index (χ3v) is 2.33. The smallest absolute Gasteiger partial charge is 0.114 e. The van der Waals surface area contributed by atoms with Gasteiger partial charge in [0.25, 0.3) is 0 Å². The molecular formula is C12H15NO. The van der Waals surface area contributed by atoms with Gasteiger partial charge in [0.15, 0.2) is 0 Å². The van der Waals surface area contributed by atoms with Gasteiger partial charge in [-0.25, -0.2) is 0 Å². The quantitative estimate of drug-likeness (QED) is 0.527. The van der Waals surface area contributed by atoms with Crippen LogP contribution in [0.4, 0.5) is 0 Å². The molecule has 0 N–H and O–H groups in total. The molecule has 2 rings (SSSR count). The predicted octanol–water partition coefficient (Wildman–Crippen LogP) is 2.84. The van der Waals surface area contributed by atoms with Gasteiger partial charge in [0.2, 0.25) is 0 Å². The number of oxime groups is 1. The van der Waals surface area contributed by atoms with E-state index >= 15 is 0 Å². The Morgan fingerprint density at radius 2 is 2.07 bits per heavy atom. The van der Waals surface area contributed by atoms with E-state index < -0.39 is 0 Å². The van der Waals surface area contributed by atoms with Crippen molar-refractivity contribution in [2.75, 3.05) is 6.61 Å². The SMILES string of the molecule is CCO/N=C(/c1ccccc1)C1CC1. The van der Waals surface area contributed by atoms with E-state index in [1.807, 2.05) is 25.1 Å². The second-order valence-corrected chi connectivity index (χ2v) is 3.53. The normalized spacial score (nSPS) is 16.8. The predicted molar refractivity (Wildman–Crippen MR) is 57.3 cm³/mol. The summed E-state index contributed by atoms with van der Waals surface area (Å²) in [5.41, 5.74) is 2.32. The monoisotopic (exact) mass is 189 g/mol. The topological polar surface area (TPSA) is 21.6 Å². The Morgan fingerprint density at radius 1 is 1.36 bits per heavy atom. The molecule has 1 aromatic carbocycles. The molecule has 14 heavy (non-hydrogen) atoms. The van der Waals surface area contributed by atoms with Crippen LogP contribution in [0.1, 0.15) is 25.3 Å². The third-order valence-electron chi connectivity index (χ3n) is 2.33. The Bertz CT molecular complexity index is 314. The molecule has 1 aliphatic rings. The molecule has 2 heteroatoms. The Balaban J connectivity index is 2.18. The Morgan fingerprint density at radius 3 is 2.64 bits per heavy atom. The molecule has 0 unspecified atom stereocenters. The van der Waals surface area contributed by atoms with E-state index in [1.165, 1.54) is 18.4 Å². The Labute approximate surface area is 84.6 Å². The minimum absolute atomic E-state index is 0.629. The van der Waals surface area contributed by atoms with E-state index in [0.717, 1.165) is 5.71 Å². The van der Waals surface area contributed by atoms with Crippen molar-refractivity contribution >= 4 is 5.71 Å². The van der Waals surface area contributed by atoms with Crippen molar-refractivity contribution in [3.63, 3.8) is 0 Å². The maximum Gasteiger partial charge on any atom is 0.114 e. The first-order valence-electron chi connectivity index (χ1n) is 5.17. The van der Waals surface area contributed by atoms with Crippen LogP contribution in [-0.2, 0) is 4.84 Å². The highest BCUT2D eigenvalue weighted by molar-refractivity contribution is 6.03. The second-order valence-electron chi connectivity index (χ2n) is 3.53. The molecule has 0 bridgehead atoms. The lowest BCUT2D eigenvalue weighted by Crippen LogP contribution is -2.04. The third kappa shape index (κ3) is 2.13. The van der Waals surface area contributed by atoms with Crippen molar-refractivity contribution in [2.24, 2.45) is 11.1 Å². The standard InChI is InChI=1S/C12H15NO/c1-2-14-13-12(11-8-9-11)10-6-4-3-5-7-10/h3-7,11H,2,8-9H2,1H3/b13-12-. The van der Waals surface area contributed by atoms with Crippen LogP contribution in [0.5, 0.6) is 0 Å². The van der Waals surface area contributed by atoms with E-state index in [4.69, 9.17) is 4.84 Å². The fraction of sp³-hybridized carbons (Fsp3) is 0.417. The van der Waals surface area contributed by atoms with E-state index in [2.05, 4.69) is 17.3 Å². The van der Waals surface area contributed by atoms with Crippen LogP contribution in [0.15, 0.2) is 35.5 Å². The van der Waals surface area contributed by atoms with Gasteiger partial charge in [-0.05, 0) is 25.3 Å². The lowest BCUT2D eigenvalue weighted by atomic mass is 10.1. The Hall–Kier alpha value is -1.31. The second kappa shape index (κ2) is 4.27. The summed E-state index contributed by atoms with van der Waals surface area (Å²) in [5, 5.41) is 4.19. The van der Waals surface area contributed by atoms with Crippen molar-refractivity contribution < 1.29 is 4.84 Å². The van der Waals surface area contributed by atoms with Crippen LogP contribution < -0.4 is 0 Å². The van der Waals surface area contributed by atoms with Gasteiger partial charge in [0.1, 0.15) is 6.61 Å². The van der Waals surface area contributed by atoms with Crippen molar-refractivity contribution in [3.05, 3.63) is 35.9 Å². The average Bonchev–Trinajstić information content (AvgIpc) is 3.04. The molecule has 0 aliphatic heterocycles. The van der Waals surface area contributed by atoms with E-state index in [1.54, 1.807) is 0 Å². The first-order valence-corrected chi connectivity index (χ1v) is 5.17. The number of hydrogen-bond acceptors (Lipinski definition) is 2. The molecule has 0 atom stereocenters.